The molecule has 1 aliphatic rings. The van der Waals surface area contributed by atoms with Gasteiger partial charge in [0.1, 0.15) is 23.0 Å². The van der Waals surface area contributed by atoms with Gasteiger partial charge in [0, 0.05) is 18.0 Å². The number of aliphatic hydroxyl groups is 1. The van der Waals surface area contributed by atoms with Crippen molar-refractivity contribution in [2.24, 2.45) is 0 Å². The molecule has 178 valence electrons. The Morgan fingerprint density at radius 3 is 2.82 bits per heavy atom. The zero-order valence-electron chi connectivity index (χ0n) is 19.0. The molecule has 1 aliphatic carbocycles. The molecule has 5 rings (SSSR count). The topological polar surface area (TPSA) is 91.6 Å². The Balaban J connectivity index is 1.31. The number of ether oxygens (including phenoxy) is 1. The second-order valence-electron chi connectivity index (χ2n) is 8.81. The molecule has 0 aliphatic heterocycles. The van der Waals surface area contributed by atoms with Gasteiger partial charge < -0.3 is 19.2 Å². The van der Waals surface area contributed by atoms with Crippen LogP contribution in [0.3, 0.4) is 0 Å². The third-order valence-electron chi connectivity index (χ3n) is 6.10. The minimum atomic E-state index is -0.692. The van der Waals surface area contributed by atoms with Crippen LogP contribution in [0.2, 0.25) is 0 Å². The zero-order valence-corrected chi connectivity index (χ0v) is 19.9. The number of nitrogens with one attached hydrogen (secondary N) is 1. The van der Waals surface area contributed by atoms with E-state index in [4.69, 9.17) is 14.1 Å². The van der Waals surface area contributed by atoms with E-state index in [-0.39, 0.29) is 12.2 Å². The molecule has 0 saturated heterocycles. The SMILES string of the molecule is O=c1[nH]c(CN(Cc2ccccc2)CC(O)COCc2ccco2)nc2sc3c(c12)CCCC3. The second kappa shape index (κ2) is 10.7. The van der Waals surface area contributed by atoms with E-state index >= 15 is 0 Å². The van der Waals surface area contributed by atoms with Crippen LogP contribution in [0.25, 0.3) is 10.2 Å². The summed E-state index contributed by atoms with van der Waals surface area (Å²) >= 11 is 1.65. The van der Waals surface area contributed by atoms with Crippen LogP contribution >= 0.6 is 11.3 Å². The molecular weight excluding hydrogens is 450 g/mol. The van der Waals surface area contributed by atoms with E-state index in [1.807, 2.05) is 30.3 Å². The maximum Gasteiger partial charge on any atom is 0.259 e. The molecule has 0 spiro atoms. The number of H-pyrrole nitrogens is 1. The highest BCUT2D eigenvalue weighted by Crippen LogP contribution is 2.33. The van der Waals surface area contributed by atoms with Crippen molar-refractivity contribution in [3.05, 3.63) is 86.7 Å². The highest BCUT2D eigenvalue weighted by Gasteiger charge is 2.21. The molecule has 3 aromatic heterocycles. The van der Waals surface area contributed by atoms with Crippen LogP contribution < -0.4 is 5.56 Å². The molecule has 3 heterocycles. The number of thiophene rings is 1. The first-order valence-corrected chi connectivity index (χ1v) is 12.6. The maximum absolute atomic E-state index is 13.0. The highest BCUT2D eigenvalue weighted by molar-refractivity contribution is 7.18. The Hall–Kier alpha value is -2.78. The largest absolute Gasteiger partial charge is 0.467 e. The van der Waals surface area contributed by atoms with Crippen molar-refractivity contribution in [3.8, 4) is 0 Å². The Bertz CT molecular complexity index is 1270. The molecule has 0 bridgehead atoms. The Kier molecular flexibility index (Phi) is 7.20. The summed E-state index contributed by atoms with van der Waals surface area (Å²) in [6.45, 7) is 1.94. The average molecular weight is 480 g/mol. The summed E-state index contributed by atoms with van der Waals surface area (Å²) < 4.78 is 10.9. The molecule has 1 unspecified atom stereocenters. The van der Waals surface area contributed by atoms with Crippen molar-refractivity contribution in [2.45, 2.75) is 51.5 Å². The normalized spacial score (nSPS) is 14.5. The third-order valence-corrected chi connectivity index (χ3v) is 7.29. The number of aromatic nitrogens is 2. The Morgan fingerprint density at radius 1 is 1.15 bits per heavy atom. The number of rotatable bonds is 10. The lowest BCUT2D eigenvalue weighted by molar-refractivity contribution is 0.00217. The van der Waals surface area contributed by atoms with Crippen molar-refractivity contribution >= 4 is 21.6 Å². The van der Waals surface area contributed by atoms with Crippen LogP contribution in [-0.2, 0) is 37.3 Å². The van der Waals surface area contributed by atoms with Crippen LogP contribution in [0.5, 0.6) is 0 Å². The van der Waals surface area contributed by atoms with Gasteiger partial charge in [-0.1, -0.05) is 30.3 Å². The van der Waals surface area contributed by atoms with Gasteiger partial charge in [-0.05, 0) is 48.9 Å². The molecule has 0 radical (unpaired) electrons. The Morgan fingerprint density at radius 2 is 2.00 bits per heavy atom. The number of nitrogens with zero attached hydrogens (tertiary/aromatic N) is 2. The minimum Gasteiger partial charge on any atom is -0.467 e. The highest BCUT2D eigenvalue weighted by atomic mass is 32.1. The fourth-order valence-electron chi connectivity index (χ4n) is 4.56. The van der Waals surface area contributed by atoms with Gasteiger partial charge in [0.05, 0.1) is 30.9 Å². The number of aryl methyl sites for hydroxylation is 2. The van der Waals surface area contributed by atoms with E-state index in [0.29, 0.717) is 32.1 Å². The van der Waals surface area contributed by atoms with Crippen LogP contribution in [0.4, 0.5) is 0 Å². The van der Waals surface area contributed by atoms with E-state index < -0.39 is 6.10 Å². The van der Waals surface area contributed by atoms with Gasteiger partial charge in [0.2, 0.25) is 0 Å². The number of benzene rings is 1. The molecule has 7 nitrogen and oxygen atoms in total. The van der Waals surface area contributed by atoms with Crippen LogP contribution in [0.1, 0.15) is 40.4 Å². The van der Waals surface area contributed by atoms with E-state index in [1.54, 1.807) is 17.6 Å². The number of hydrogen-bond donors (Lipinski definition) is 2. The predicted octanol–water partition coefficient (Wildman–Crippen LogP) is 4.04. The summed E-state index contributed by atoms with van der Waals surface area (Å²) in [7, 11) is 0. The van der Waals surface area contributed by atoms with Gasteiger partial charge in [-0.15, -0.1) is 11.3 Å². The lowest BCUT2D eigenvalue weighted by Crippen LogP contribution is -2.35. The maximum atomic E-state index is 13.0. The molecule has 0 saturated carbocycles. The number of hydrogen-bond acceptors (Lipinski definition) is 7. The fraction of sp³-hybridized carbons (Fsp3) is 0.385. The monoisotopic (exact) mass is 479 g/mol. The van der Waals surface area contributed by atoms with Gasteiger partial charge >= 0.3 is 0 Å². The third kappa shape index (κ3) is 5.47. The van der Waals surface area contributed by atoms with Crippen molar-refractivity contribution < 1.29 is 14.3 Å². The fourth-order valence-corrected chi connectivity index (χ4v) is 5.84. The Labute approximate surface area is 202 Å². The lowest BCUT2D eigenvalue weighted by Gasteiger charge is -2.24. The standard InChI is InChI=1S/C26H29N3O4S/c30-19(16-32-17-20-9-6-12-33-20)14-29(13-18-7-2-1-3-8-18)15-23-27-25(31)24-21-10-4-5-11-22(21)34-26(24)28-23/h1-3,6-9,12,19,30H,4-5,10-11,13-17H2,(H,27,28,31). The van der Waals surface area contributed by atoms with E-state index in [2.05, 4.69) is 22.0 Å². The quantitative estimate of drug-likeness (QED) is 0.357. The number of fused-ring (bicyclic) bond motifs is 3. The van der Waals surface area contributed by atoms with Crippen molar-refractivity contribution in [3.63, 3.8) is 0 Å². The molecular formula is C26H29N3O4S. The van der Waals surface area contributed by atoms with Crippen molar-refractivity contribution in [1.82, 2.24) is 14.9 Å². The van der Waals surface area contributed by atoms with Gasteiger partial charge in [-0.25, -0.2) is 4.98 Å². The molecule has 0 fully saturated rings. The van der Waals surface area contributed by atoms with Gasteiger partial charge in [-0.3, -0.25) is 9.69 Å². The summed E-state index contributed by atoms with van der Waals surface area (Å²) in [6.07, 6.45) is 5.22. The average Bonchev–Trinajstić information content (AvgIpc) is 3.47. The van der Waals surface area contributed by atoms with Crippen molar-refractivity contribution in [2.75, 3.05) is 13.2 Å². The van der Waals surface area contributed by atoms with E-state index in [0.717, 1.165) is 40.8 Å². The zero-order chi connectivity index (χ0) is 23.3. The number of furan rings is 1. The van der Waals surface area contributed by atoms with Crippen LogP contribution in [0, 0.1) is 0 Å². The number of aliphatic hydroxyl groups excluding tert-OH is 1. The van der Waals surface area contributed by atoms with Gasteiger partial charge in [0.15, 0.2) is 0 Å². The summed E-state index contributed by atoms with van der Waals surface area (Å²) in [5.74, 6) is 1.35. The molecule has 4 aromatic rings. The van der Waals surface area contributed by atoms with Gasteiger partial charge in [-0.2, -0.15) is 0 Å². The first-order valence-electron chi connectivity index (χ1n) is 11.7. The first-order chi connectivity index (χ1) is 16.7. The van der Waals surface area contributed by atoms with Gasteiger partial charge in [0.25, 0.3) is 5.56 Å². The molecule has 0 amide bonds. The van der Waals surface area contributed by atoms with Crippen molar-refractivity contribution in [1.29, 1.82) is 0 Å². The second-order valence-corrected chi connectivity index (χ2v) is 9.89. The summed E-state index contributed by atoms with van der Waals surface area (Å²) in [5, 5.41) is 11.4. The molecule has 1 atom stereocenters. The predicted molar refractivity (Wildman–Crippen MR) is 132 cm³/mol. The molecule has 8 heteroatoms. The van der Waals surface area contributed by atoms with E-state index in [1.165, 1.54) is 16.9 Å². The lowest BCUT2D eigenvalue weighted by atomic mass is 9.97. The van der Waals surface area contributed by atoms with Crippen LogP contribution in [0.15, 0.2) is 57.9 Å². The minimum absolute atomic E-state index is 0.0543. The smallest absolute Gasteiger partial charge is 0.259 e. The van der Waals surface area contributed by atoms with Crippen LogP contribution in [-0.4, -0.2) is 39.2 Å². The molecule has 34 heavy (non-hydrogen) atoms. The number of aromatic amines is 1. The molecule has 1 aromatic carbocycles. The van der Waals surface area contributed by atoms with E-state index in [9.17, 15) is 9.90 Å². The summed E-state index contributed by atoms with van der Waals surface area (Å²) in [4.78, 5) is 25.0. The summed E-state index contributed by atoms with van der Waals surface area (Å²) in [5.41, 5.74) is 2.26. The summed E-state index contributed by atoms with van der Waals surface area (Å²) in [6, 6.07) is 13.7. The first kappa shape index (κ1) is 23.0. The molecule has 2 N–H and O–H groups in total.